The molecule has 1 saturated carbocycles. The highest BCUT2D eigenvalue weighted by molar-refractivity contribution is 5.51. The van der Waals surface area contributed by atoms with Crippen LogP contribution in [0.2, 0.25) is 0 Å². The van der Waals surface area contributed by atoms with Crippen molar-refractivity contribution in [3.63, 3.8) is 0 Å². The van der Waals surface area contributed by atoms with Crippen molar-refractivity contribution >= 4 is 0 Å². The van der Waals surface area contributed by atoms with E-state index >= 15 is 0 Å². The first-order chi connectivity index (χ1) is 12.7. The molecule has 2 fully saturated rings. The molecule has 1 aromatic carbocycles. The fourth-order valence-corrected chi connectivity index (χ4v) is 4.07. The molecule has 1 atom stereocenters. The molecule has 2 aromatic heterocycles. The highest BCUT2D eigenvalue weighted by atomic mass is 16.5. The van der Waals surface area contributed by atoms with Crippen LogP contribution < -0.4 is 0 Å². The van der Waals surface area contributed by atoms with Crippen LogP contribution in [0.4, 0.5) is 0 Å². The van der Waals surface area contributed by atoms with E-state index < -0.39 is 0 Å². The maximum Gasteiger partial charge on any atom is 0.247 e. The Morgan fingerprint density at radius 2 is 1.96 bits per heavy atom. The minimum atomic E-state index is 0.335. The number of aryl methyl sites for hydroxylation is 1. The monoisotopic (exact) mass is 351 g/mol. The molecule has 0 radical (unpaired) electrons. The molecule has 1 saturated heterocycles. The lowest BCUT2D eigenvalue weighted by atomic mass is 9.91. The molecule has 0 amide bonds. The van der Waals surface area contributed by atoms with Crippen molar-refractivity contribution in [3.05, 3.63) is 47.9 Å². The number of hydrogen-bond donors (Lipinski definition) is 0. The molecule has 2 aliphatic rings. The quantitative estimate of drug-likeness (QED) is 0.714. The molecular formula is C19H21N5O2. The Bertz CT molecular complexity index is 896. The van der Waals surface area contributed by atoms with Gasteiger partial charge in [-0.25, -0.2) is 0 Å². The summed E-state index contributed by atoms with van der Waals surface area (Å²) in [7, 11) is 0. The number of benzene rings is 1. The lowest BCUT2D eigenvalue weighted by molar-refractivity contribution is 0.144. The molecule has 0 bridgehead atoms. The molecule has 3 heterocycles. The molecule has 0 N–H and O–H groups in total. The molecule has 1 aliphatic heterocycles. The van der Waals surface area contributed by atoms with Crippen molar-refractivity contribution < 1.29 is 8.94 Å². The summed E-state index contributed by atoms with van der Waals surface area (Å²) in [5.41, 5.74) is 1.31. The van der Waals surface area contributed by atoms with E-state index in [1.54, 1.807) is 0 Å². The number of piperidine rings is 1. The average Bonchev–Trinajstić information content (AvgIpc) is 3.01. The van der Waals surface area contributed by atoms with Crippen LogP contribution >= 0.6 is 0 Å². The summed E-state index contributed by atoms with van der Waals surface area (Å²) in [5.74, 6) is 3.22. The summed E-state index contributed by atoms with van der Waals surface area (Å²) in [6, 6.07) is 9.95. The summed E-state index contributed by atoms with van der Waals surface area (Å²) in [6.07, 6.45) is 3.44. The van der Waals surface area contributed by atoms with E-state index in [0.29, 0.717) is 28.9 Å². The van der Waals surface area contributed by atoms with Crippen LogP contribution in [0, 0.1) is 12.3 Å². The molecule has 134 valence electrons. The summed E-state index contributed by atoms with van der Waals surface area (Å²) in [5, 5.41) is 12.4. The molecule has 7 heteroatoms. The first-order valence-electron chi connectivity index (χ1n) is 9.12. The summed E-state index contributed by atoms with van der Waals surface area (Å²) in [6.45, 7) is 4.66. The summed E-state index contributed by atoms with van der Waals surface area (Å²) in [4.78, 5) is 6.68. The number of hydrogen-bond acceptors (Lipinski definition) is 7. The summed E-state index contributed by atoms with van der Waals surface area (Å²) >= 11 is 0. The maximum atomic E-state index is 5.98. The Kier molecular flexibility index (Phi) is 3.63. The number of rotatable bonds is 4. The molecular weight excluding hydrogens is 330 g/mol. The van der Waals surface area contributed by atoms with Gasteiger partial charge in [0, 0.05) is 11.5 Å². The van der Waals surface area contributed by atoms with Crippen molar-refractivity contribution in [1.82, 2.24) is 25.2 Å². The van der Waals surface area contributed by atoms with Crippen molar-refractivity contribution in [2.75, 3.05) is 13.1 Å². The van der Waals surface area contributed by atoms with Gasteiger partial charge in [-0.15, -0.1) is 10.2 Å². The van der Waals surface area contributed by atoms with Crippen molar-refractivity contribution in [1.29, 1.82) is 0 Å². The Hall–Kier alpha value is -2.54. The van der Waals surface area contributed by atoms with Gasteiger partial charge < -0.3 is 8.94 Å². The molecule has 3 aromatic rings. The molecule has 0 unspecified atom stereocenters. The predicted octanol–water partition coefficient (Wildman–Crippen LogP) is 3.20. The Morgan fingerprint density at radius 3 is 2.69 bits per heavy atom. The van der Waals surface area contributed by atoms with Crippen LogP contribution in [-0.2, 0) is 6.54 Å². The van der Waals surface area contributed by atoms with E-state index in [-0.39, 0.29) is 0 Å². The van der Waals surface area contributed by atoms with E-state index in [4.69, 9.17) is 8.94 Å². The smallest absolute Gasteiger partial charge is 0.247 e. The van der Waals surface area contributed by atoms with Crippen LogP contribution in [0.5, 0.6) is 0 Å². The topological polar surface area (TPSA) is 81.1 Å². The lowest BCUT2D eigenvalue weighted by Gasteiger charge is -2.31. The Morgan fingerprint density at radius 1 is 1.15 bits per heavy atom. The fourth-order valence-electron chi connectivity index (χ4n) is 4.07. The van der Waals surface area contributed by atoms with Gasteiger partial charge in [0.25, 0.3) is 0 Å². The number of likely N-dealkylation sites (tertiary alicyclic amines) is 1. The van der Waals surface area contributed by atoms with Gasteiger partial charge in [0.15, 0.2) is 5.82 Å². The van der Waals surface area contributed by atoms with E-state index in [0.717, 1.165) is 50.4 Å². The highest BCUT2D eigenvalue weighted by Crippen LogP contribution is 2.64. The Labute approximate surface area is 151 Å². The third kappa shape index (κ3) is 2.82. The van der Waals surface area contributed by atoms with Crippen LogP contribution in [0.3, 0.4) is 0 Å². The average molecular weight is 351 g/mol. The second kappa shape index (κ2) is 6.02. The molecule has 1 spiro atoms. The molecule has 1 aliphatic carbocycles. The largest absolute Gasteiger partial charge is 0.420 e. The third-order valence-electron chi connectivity index (χ3n) is 5.73. The predicted molar refractivity (Wildman–Crippen MR) is 93.1 cm³/mol. The third-order valence-corrected chi connectivity index (χ3v) is 5.73. The van der Waals surface area contributed by atoms with Gasteiger partial charge in [-0.2, -0.15) is 4.98 Å². The first-order valence-corrected chi connectivity index (χ1v) is 9.12. The zero-order valence-corrected chi connectivity index (χ0v) is 14.8. The van der Waals surface area contributed by atoms with Gasteiger partial charge in [0.05, 0.1) is 6.54 Å². The summed E-state index contributed by atoms with van der Waals surface area (Å²) < 4.78 is 11.2. The van der Waals surface area contributed by atoms with Crippen LogP contribution in [-0.4, -0.2) is 38.3 Å². The zero-order valence-electron chi connectivity index (χ0n) is 14.8. The van der Waals surface area contributed by atoms with Gasteiger partial charge in [0.2, 0.25) is 17.7 Å². The number of nitrogens with zero attached hydrogens (tertiary/aromatic N) is 5. The number of aromatic nitrogens is 4. The van der Waals surface area contributed by atoms with Gasteiger partial charge in [-0.05, 0) is 56.8 Å². The minimum absolute atomic E-state index is 0.335. The van der Waals surface area contributed by atoms with E-state index in [9.17, 15) is 0 Å². The fraction of sp³-hybridized carbons (Fsp3) is 0.474. The lowest BCUT2D eigenvalue weighted by Crippen LogP contribution is -2.34. The normalized spacial score (nSPS) is 22.0. The highest BCUT2D eigenvalue weighted by Gasteiger charge is 2.58. The van der Waals surface area contributed by atoms with Gasteiger partial charge in [0.1, 0.15) is 0 Å². The zero-order chi connectivity index (χ0) is 17.6. The maximum absolute atomic E-state index is 5.98. The molecule has 26 heavy (non-hydrogen) atoms. The SMILES string of the molecule is Cc1noc(CN2CCC3(CC2)C[C@H]3c2nnc(-c3ccccc3)o2)n1. The van der Waals surface area contributed by atoms with Gasteiger partial charge >= 0.3 is 0 Å². The van der Waals surface area contributed by atoms with Gasteiger partial charge in [-0.1, -0.05) is 23.4 Å². The van der Waals surface area contributed by atoms with Crippen molar-refractivity contribution in [3.8, 4) is 11.5 Å². The minimum Gasteiger partial charge on any atom is -0.420 e. The molecule has 5 rings (SSSR count). The van der Waals surface area contributed by atoms with Gasteiger partial charge in [-0.3, -0.25) is 4.90 Å². The van der Waals surface area contributed by atoms with Crippen LogP contribution in [0.25, 0.3) is 11.5 Å². The second-order valence-corrected chi connectivity index (χ2v) is 7.44. The van der Waals surface area contributed by atoms with Crippen molar-refractivity contribution in [2.45, 2.75) is 38.6 Å². The first kappa shape index (κ1) is 15.7. The van der Waals surface area contributed by atoms with Crippen LogP contribution in [0.1, 0.15) is 42.8 Å². The second-order valence-electron chi connectivity index (χ2n) is 7.44. The Balaban J connectivity index is 1.22. The van der Waals surface area contributed by atoms with Crippen LogP contribution in [0.15, 0.2) is 39.3 Å². The van der Waals surface area contributed by atoms with E-state index in [1.807, 2.05) is 37.3 Å². The van der Waals surface area contributed by atoms with E-state index in [2.05, 4.69) is 25.2 Å². The van der Waals surface area contributed by atoms with E-state index in [1.165, 1.54) is 0 Å². The standard InChI is InChI=1S/C19H21N5O2/c1-13-20-16(26-23-13)12-24-9-7-19(8-10-24)11-15(19)18-22-21-17(25-18)14-5-3-2-4-6-14/h2-6,15H,7-12H2,1H3/t15-/m0/s1. The van der Waals surface area contributed by atoms with Crippen molar-refractivity contribution in [2.24, 2.45) is 5.41 Å². The molecule has 7 nitrogen and oxygen atoms in total.